The summed E-state index contributed by atoms with van der Waals surface area (Å²) in [6.07, 6.45) is 7.89. The van der Waals surface area contributed by atoms with Gasteiger partial charge in [-0.15, -0.1) is 0 Å². The first kappa shape index (κ1) is 15.5. The zero-order valence-electron chi connectivity index (χ0n) is 13.0. The molecule has 0 aliphatic heterocycles. The zero-order valence-corrected chi connectivity index (χ0v) is 13.0. The molecule has 0 saturated heterocycles. The first-order chi connectivity index (χ1) is 9.70. The van der Waals surface area contributed by atoms with Crippen molar-refractivity contribution in [2.45, 2.75) is 64.5 Å². The molecule has 0 spiro atoms. The maximum Gasteiger partial charge on any atom is 0.0663 e. The Morgan fingerprint density at radius 2 is 1.90 bits per heavy atom. The summed E-state index contributed by atoms with van der Waals surface area (Å²) in [4.78, 5) is 0. The number of benzene rings is 1. The van der Waals surface area contributed by atoms with E-state index >= 15 is 0 Å². The van der Waals surface area contributed by atoms with Crippen molar-refractivity contribution in [3.63, 3.8) is 0 Å². The van der Waals surface area contributed by atoms with Gasteiger partial charge in [-0.2, -0.15) is 0 Å². The lowest BCUT2D eigenvalue weighted by Gasteiger charge is -2.29. The Labute approximate surface area is 123 Å². The molecular formula is C18H29NO. The van der Waals surface area contributed by atoms with Gasteiger partial charge in [0.2, 0.25) is 0 Å². The second kappa shape index (κ2) is 7.80. The molecule has 0 amide bonds. The molecule has 20 heavy (non-hydrogen) atoms. The molecule has 1 fully saturated rings. The molecule has 2 N–H and O–H groups in total. The van der Waals surface area contributed by atoms with Crippen LogP contribution in [0.4, 0.5) is 0 Å². The van der Waals surface area contributed by atoms with E-state index in [2.05, 4.69) is 38.1 Å². The summed E-state index contributed by atoms with van der Waals surface area (Å²) in [5, 5.41) is 0. The Kier molecular flexibility index (Phi) is 6.06. The van der Waals surface area contributed by atoms with Crippen molar-refractivity contribution in [2.75, 3.05) is 6.61 Å². The summed E-state index contributed by atoms with van der Waals surface area (Å²) in [7, 11) is 0. The first-order valence-corrected chi connectivity index (χ1v) is 8.16. The number of ether oxygens (including phenoxy) is 1. The number of rotatable bonds is 6. The SMILES string of the molecule is CCCc1ccc(C(N)COC2CCCCC2C)cc1. The van der Waals surface area contributed by atoms with Crippen LogP contribution in [0.5, 0.6) is 0 Å². The van der Waals surface area contributed by atoms with E-state index in [9.17, 15) is 0 Å². The van der Waals surface area contributed by atoms with Crippen molar-refractivity contribution in [1.29, 1.82) is 0 Å². The molecule has 1 aliphatic rings. The molecule has 0 aromatic heterocycles. The molecule has 1 aliphatic carbocycles. The summed E-state index contributed by atoms with van der Waals surface area (Å²) in [5.74, 6) is 0.683. The van der Waals surface area contributed by atoms with Crippen molar-refractivity contribution in [3.05, 3.63) is 35.4 Å². The van der Waals surface area contributed by atoms with Crippen LogP contribution in [0, 0.1) is 5.92 Å². The first-order valence-electron chi connectivity index (χ1n) is 8.16. The lowest BCUT2D eigenvalue weighted by atomic mass is 9.88. The van der Waals surface area contributed by atoms with Crippen molar-refractivity contribution in [3.8, 4) is 0 Å². The third kappa shape index (κ3) is 4.32. The molecule has 2 nitrogen and oxygen atoms in total. The van der Waals surface area contributed by atoms with Crippen molar-refractivity contribution in [2.24, 2.45) is 11.7 Å². The maximum absolute atomic E-state index is 6.26. The molecule has 112 valence electrons. The van der Waals surface area contributed by atoms with Crippen LogP contribution >= 0.6 is 0 Å². The summed E-state index contributed by atoms with van der Waals surface area (Å²) in [6, 6.07) is 8.70. The lowest BCUT2D eigenvalue weighted by molar-refractivity contribution is -0.0113. The molecule has 0 heterocycles. The second-order valence-electron chi connectivity index (χ2n) is 6.23. The van der Waals surface area contributed by atoms with Crippen LogP contribution in [0.1, 0.15) is 63.1 Å². The smallest absolute Gasteiger partial charge is 0.0663 e. The van der Waals surface area contributed by atoms with Gasteiger partial charge in [0, 0.05) is 0 Å². The van der Waals surface area contributed by atoms with Gasteiger partial charge in [-0.25, -0.2) is 0 Å². The highest BCUT2D eigenvalue weighted by Crippen LogP contribution is 2.27. The molecule has 1 saturated carbocycles. The molecule has 2 rings (SSSR count). The summed E-state index contributed by atoms with van der Waals surface area (Å²) >= 11 is 0. The highest BCUT2D eigenvalue weighted by atomic mass is 16.5. The van der Waals surface area contributed by atoms with Gasteiger partial charge < -0.3 is 10.5 Å². The summed E-state index contributed by atoms with van der Waals surface area (Å²) in [5.41, 5.74) is 8.84. The van der Waals surface area contributed by atoms with Crippen LogP contribution < -0.4 is 5.73 Å². The largest absolute Gasteiger partial charge is 0.376 e. The lowest BCUT2D eigenvalue weighted by Crippen LogP contribution is -2.29. The molecular weight excluding hydrogens is 246 g/mol. The molecule has 3 unspecified atom stereocenters. The summed E-state index contributed by atoms with van der Waals surface area (Å²) < 4.78 is 6.06. The van der Waals surface area contributed by atoms with Crippen molar-refractivity contribution in [1.82, 2.24) is 0 Å². The van der Waals surface area contributed by atoms with E-state index < -0.39 is 0 Å². The highest BCUT2D eigenvalue weighted by Gasteiger charge is 2.22. The zero-order chi connectivity index (χ0) is 14.4. The predicted octanol–water partition coefficient (Wildman–Crippen LogP) is 4.23. The number of hydrogen-bond acceptors (Lipinski definition) is 2. The van der Waals surface area contributed by atoms with Crippen molar-refractivity contribution < 1.29 is 4.74 Å². The van der Waals surface area contributed by atoms with E-state index in [0.29, 0.717) is 18.6 Å². The topological polar surface area (TPSA) is 35.2 Å². The third-order valence-corrected chi connectivity index (χ3v) is 4.47. The Morgan fingerprint density at radius 1 is 1.20 bits per heavy atom. The average molecular weight is 275 g/mol. The fourth-order valence-corrected chi connectivity index (χ4v) is 3.07. The Bertz CT molecular complexity index is 387. The molecule has 0 bridgehead atoms. The molecule has 3 atom stereocenters. The second-order valence-corrected chi connectivity index (χ2v) is 6.23. The van der Waals surface area contributed by atoms with Crippen molar-refractivity contribution >= 4 is 0 Å². The van der Waals surface area contributed by atoms with Gasteiger partial charge in [0.05, 0.1) is 18.8 Å². The summed E-state index contributed by atoms with van der Waals surface area (Å²) in [6.45, 7) is 5.15. The van der Waals surface area contributed by atoms with E-state index in [4.69, 9.17) is 10.5 Å². The van der Waals surface area contributed by atoms with Gasteiger partial charge in [0.1, 0.15) is 0 Å². The van der Waals surface area contributed by atoms with Gasteiger partial charge in [-0.05, 0) is 36.3 Å². The normalized spacial score (nSPS) is 24.6. The third-order valence-electron chi connectivity index (χ3n) is 4.47. The number of aryl methyl sites for hydroxylation is 1. The van der Waals surface area contributed by atoms with Crippen LogP contribution in [0.2, 0.25) is 0 Å². The van der Waals surface area contributed by atoms with E-state index in [1.807, 2.05) is 0 Å². The van der Waals surface area contributed by atoms with Crippen LogP contribution in [-0.2, 0) is 11.2 Å². The van der Waals surface area contributed by atoms with E-state index in [1.165, 1.54) is 43.2 Å². The van der Waals surface area contributed by atoms with Crippen LogP contribution in [-0.4, -0.2) is 12.7 Å². The quantitative estimate of drug-likeness (QED) is 0.843. The average Bonchev–Trinajstić information content (AvgIpc) is 2.47. The van der Waals surface area contributed by atoms with Crippen LogP contribution in [0.15, 0.2) is 24.3 Å². The van der Waals surface area contributed by atoms with E-state index in [0.717, 1.165) is 6.42 Å². The van der Waals surface area contributed by atoms with Crippen LogP contribution in [0.3, 0.4) is 0 Å². The van der Waals surface area contributed by atoms with Gasteiger partial charge in [0.15, 0.2) is 0 Å². The molecule has 0 radical (unpaired) electrons. The fraction of sp³-hybridized carbons (Fsp3) is 0.667. The minimum atomic E-state index is -0.000182. The number of hydrogen-bond donors (Lipinski definition) is 1. The minimum absolute atomic E-state index is 0.000182. The standard InChI is InChI=1S/C18H29NO/c1-3-6-15-9-11-16(12-10-15)17(19)13-20-18-8-5-4-7-14(18)2/h9-12,14,17-18H,3-8,13,19H2,1-2H3. The van der Waals surface area contributed by atoms with Gasteiger partial charge in [-0.1, -0.05) is 57.4 Å². The maximum atomic E-state index is 6.26. The minimum Gasteiger partial charge on any atom is -0.376 e. The number of nitrogens with two attached hydrogens (primary N) is 1. The fourth-order valence-electron chi connectivity index (χ4n) is 3.07. The van der Waals surface area contributed by atoms with Gasteiger partial charge >= 0.3 is 0 Å². The molecule has 2 heteroatoms. The highest BCUT2D eigenvalue weighted by molar-refractivity contribution is 5.25. The Morgan fingerprint density at radius 3 is 2.55 bits per heavy atom. The van der Waals surface area contributed by atoms with E-state index in [1.54, 1.807) is 0 Å². The Hall–Kier alpha value is -0.860. The molecule has 1 aromatic rings. The van der Waals surface area contributed by atoms with E-state index in [-0.39, 0.29) is 6.04 Å². The molecule has 1 aromatic carbocycles. The van der Waals surface area contributed by atoms with Gasteiger partial charge in [0.25, 0.3) is 0 Å². The van der Waals surface area contributed by atoms with Gasteiger partial charge in [-0.3, -0.25) is 0 Å². The monoisotopic (exact) mass is 275 g/mol. The van der Waals surface area contributed by atoms with Crippen LogP contribution in [0.25, 0.3) is 0 Å². The predicted molar refractivity (Wildman–Crippen MR) is 84.7 cm³/mol. The Balaban J connectivity index is 1.83.